The predicted molar refractivity (Wildman–Crippen MR) is 80.8 cm³/mol. The first-order valence-electron chi connectivity index (χ1n) is 5.88. The maximum Gasteiger partial charge on any atom is 0.0453 e. The van der Waals surface area contributed by atoms with Crippen LogP contribution in [0.3, 0.4) is 0 Å². The van der Waals surface area contributed by atoms with E-state index in [1.807, 2.05) is 12.1 Å². The molecule has 0 amide bonds. The largest absolute Gasteiger partial charge is 0.323 e. The van der Waals surface area contributed by atoms with Gasteiger partial charge in [-0.3, -0.25) is 0 Å². The zero-order valence-electron chi connectivity index (χ0n) is 10.1. The van der Waals surface area contributed by atoms with Crippen LogP contribution in [0.4, 0.5) is 0 Å². The van der Waals surface area contributed by atoms with E-state index < -0.39 is 0 Å². The van der Waals surface area contributed by atoms with E-state index in [1.54, 1.807) is 17.4 Å². The standard InChI is InChI=1S/C14H15Cl2NS/c1-2-11-5-6-14(18-11)13(17)7-9-3-4-10(15)8-12(9)16/h3-6,8,13H,2,7,17H2,1H3. The fourth-order valence-electron chi connectivity index (χ4n) is 1.81. The Kier molecular flexibility index (Phi) is 4.68. The van der Waals surface area contributed by atoms with E-state index in [0.29, 0.717) is 10.0 Å². The smallest absolute Gasteiger partial charge is 0.0453 e. The van der Waals surface area contributed by atoms with Gasteiger partial charge in [0.05, 0.1) is 0 Å². The normalized spacial score (nSPS) is 12.7. The molecule has 4 heteroatoms. The summed E-state index contributed by atoms with van der Waals surface area (Å²) in [6.45, 7) is 2.15. The first-order valence-corrected chi connectivity index (χ1v) is 7.45. The van der Waals surface area contributed by atoms with Crippen LogP contribution in [-0.2, 0) is 12.8 Å². The topological polar surface area (TPSA) is 26.0 Å². The molecule has 0 saturated heterocycles. The number of aryl methyl sites for hydroxylation is 1. The predicted octanol–water partition coefficient (Wildman–Crippen LogP) is 4.86. The number of hydrogen-bond donors (Lipinski definition) is 1. The van der Waals surface area contributed by atoms with E-state index in [9.17, 15) is 0 Å². The van der Waals surface area contributed by atoms with Gasteiger partial charge in [0, 0.05) is 25.8 Å². The van der Waals surface area contributed by atoms with E-state index >= 15 is 0 Å². The van der Waals surface area contributed by atoms with Crippen LogP contribution in [0.25, 0.3) is 0 Å². The maximum absolute atomic E-state index is 6.22. The van der Waals surface area contributed by atoms with Crippen molar-refractivity contribution in [2.24, 2.45) is 5.73 Å². The molecule has 0 spiro atoms. The zero-order chi connectivity index (χ0) is 13.1. The van der Waals surface area contributed by atoms with Crippen LogP contribution in [0.2, 0.25) is 10.0 Å². The fraction of sp³-hybridized carbons (Fsp3) is 0.286. The number of nitrogens with two attached hydrogens (primary N) is 1. The van der Waals surface area contributed by atoms with E-state index in [4.69, 9.17) is 28.9 Å². The van der Waals surface area contributed by atoms with Gasteiger partial charge in [0.1, 0.15) is 0 Å². The van der Waals surface area contributed by atoms with Gasteiger partial charge in [-0.1, -0.05) is 36.2 Å². The highest BCUT2D eigenvalue weighted by molar-refractivity contribution is 7.12. The third-order valence-corrected chi connectivity index (χ3v) is 4.80. The summed E-state index contributed by atoms with van der Waals surface area (Å²) in [5.41, 5.74) is 7.26. The van der Waals surface area contributed by atoms with Gasteiger partial charge in [0.2, 0.25) is 0 Å². The quantitative estimate of drug-likeness (QED) is 0.857. The van der Waals surface area contributed by atoms with Crippen LogP contribution in [0, 0.1) is 0 Å². The van der Waals surface area contributed by atoms with E-state index in [1.165, 1.54) is 9.75 Å². The number of hydrogen-bond acceptors (Lipinski definition) is 2. The molecule has 0 saturated carbocycles. The number of rotatable bonds is 4. The second kappa shape index (κ2) is 6.07. The van der Waals surface area contributed by atoms with Crippen molar-refractivity contribution in [2.75, 3.05) is 0 Å². The van der Waals surface area contributed by atoms with Gasteiger partial charge in [-0.2, -0.15) is 0 Å². The molecule has 2 aromatic rings. The SMILES string of the molecule is CCc1ccc(C(N)Cc2ccc(Cl)cc2Cl)s1. The molecule has 1 aromatic carbocycles. The fourth-order valence-corrected chi connectivity index (χ4v) is 3.25. The van der Waals surface area contributed by atoms with Gasteiger partial charge >= 0.3 is 0 Å². The van der Waals surface area contributed by atoms with E-state index in [0.717, 1.165) is 18.4 Å². The molecule has 1 nitrogen and oxygen atoms in total. The van der Waals surface area contributed by atoms with Gasteiger partial charge in [-0.05, 0) is 42.7 Å². The minimum atomic E-state index is -0.00558. The molecule has 0 fully saturated rings. The first kappa shape index (κ1) is 13.9. The summed E-state index contributed by atoms with van der Waals surface area (Å²) >= 11 is 13.8. The Labute approximate surface area is 122 Å². The maximum atomic E-state index is 6.22. The Morgan fingerprint density at radius 1 is 1.22 bits per heavy atom. The molecule has 1 aromatic heterocycles. The Bertz CT molecular complexity index is 536. The third kappa shape index (κ3) is 3.27. The highest BCUT2D eigenvalue weighted by Gasteiger charge is 2.12. The molecule has 0 bridgehead atoms. The Morgan fingerprint density at radius 3 is 2.61 bits per heavy atom. The Balaban J connectivity index is 2.13. The molecule has 1 atom stereocenters. The van der Waals surface area contributed by atoms with Crippen molar-refractivity contribution in [3.63, 3.8) is 0 Å². The second-order valence-electron chi connectivity index (χ2n) is 4.20. The van der Waals surface area contributed by atoms with E-state index in [-0.39, 0.29) is 6.04 Å². The van der Waals surface area contributed by atoms with E-state index in [2.05, 4.69) is 19.1 Å². The lowest BCUT2D eigenvalue weighted by Gasteiger charge is -2.11. The minimum absolute atomic E-state index is 0.00558. The van der Waals surface area contributed by atoms with Gasteiger partial charge < -0.3 is 5.73 Å². The zero-order valence-corrected chi connectivity index (χ0v) is 12.4. The molecule has 0 aliphatic carbocycles. The van der Waals surface area contributed by atoms with Crippen molar-refractivity contribution in [1.82, 2.24) is 0 Å². The van der Waals surface area contributed by atoms with Crippen molar-refractivity contribution in [2.45, 2.75) is 25.8 Å². The monoisotopic (exact) mass is 299 g/mol. The molecule has 1 heterocycles. The summed E-state index contributed by atoms with van der Waals surface area (Å²) in [5.74, 6) is 0. The van der Waals surface area contributed by atoms with Crippen LogP contribution in [0.5, 0.6) is 0 Å². The summed E-state index contributed by atoms with van der Waals surface area (Å²) in [4.78, 5) is 2.57. The average molecular weight is 300 g/mol. The lowest BCUT2D eigenvalue weighted by molar-refractivity contribution is 0.737. The van der Waals surface area contributed by atoms with Crippen molar-refractivity contribution in [3.8, 4) is 0 Å². The molecule has 18 heavy (non-hydrogen) atoms. The Hall–Kier alpha value is -0.540. The van der Waals surface area contributed by atoms with Crippen molar-refractivity contribution < 1.29 is 0 Å². The lowest BCUT2D eigenvalue weighted by Crippen LogP contribution is -2.12. The number of thiophene rings is 1. The minimum Gasteiger partial charge on any atom is -0.323 e. The van der Waals surface area contributed by atoms with Crippen LogP contribution in [0.1, 0.15) is 28.3 Å². The first-order chi connectivity index (χ1) is 8.60. The molecule has 0 aliphatic rings. The summed E-state index contributed by atoms with van der Waals surface area (Å²) in [6.07, 6.45) is 1.79. The van der Waals surface area contributed by atoms with Crippen LogP contribution < -0.4 is 5.73 Å². The molecule has 0 radical (unpaired) electrons. The summed E-state index contributed by atoms with van der Waals surface area (Å²) in [6, 6.07) is 9.80. The molecule has 0 aliphatic heterocycles. The summed E-state index contributed by atoms with van der Waals surface area (Å²) in [7, 11) is 0. The molecule has 1 unspecified atom stereocenters. The van der Waals surface area contributed by atoms with Crippen LogP contribution >= 0.6 is 34.5 Å². The molecule has 2 N–H and O–H groups in total. The highest BCUT2D eigenvalue weighted by atomic mass is 35.5. The van der Waals surface area contributed by atoms with Gasteiger partial charge in [-0.15, -0.1) is 11.3 Å². The lowest BCUT2D eigenvalue weighted by atomic mass is 10.1. The average Bonchev–Trinajstić information content (AvgIpc) is 2.81. The molecule has 96 valence electrons. The van der Waals surface area contributed by atoms with Gasteiger partial charge in [0.25, 0.3) is 0 Å². The van der Waals surface area contributed by atoms with Crippen molar-refractivity contribution >= 4 is 34.5 Å². The molecular weight excluding hydrogens is 285 g/mol. The number of benzene rings is 1. The Morgan fingerprint density at radius 2 is 2.00 bits per heavy atom. The molecule has 2 rings (SSSR count). The van der Waals surface area contributed by atoms with Crippen LogP contribution in [0.15, 0.2) is 30.3 Å². The summed E-state index contributed by atoms with van der Waals surface area (Å²) < 4.78 is 0. The molecular formula is C14H15Cl2NS. The van der Waals surface area contributed by atoms with Gasteiger partial charge in [0.15, 0.2) is 0 Å². The van der Waals surface area contributed by atoms with Crippen molar-refractivity contribution in [3.05, 3.63) is 55.7 Å². The van der Waals surface area contributed by atoms with Gasteiger partial charge in [-0.25, -0.2) is 0 Å². The third-order valence-electron chi connectivity index (χ3n) is 2.85. The highest BCUT2D eigenvalue weighted by Crippen LogP contribution is 2.28. The second-order valence-corrected chi connectivity index (χ2v) is 6.25. The van der Waals surface area contributed by atoms with Crippen molar-refractivity contribution in [1.29, 1.82) is 0 Å². The number of halogens is 2. The van der Waals surface area contributed by atoms with Crippen LogP contribution in [-0.4, -0.2) is 0 Å². The summed E-state index contributed by atoms with van der Waals surface area (Å²) in [5, 5.41) is 1.34.